The van der Waals surface area contributed by atoms with Crippen LogP contribution in [0, 0.1) is 0 Å². The third kappa shape index (κ3) is 3.28. The fourth-order valence-corrected chi connectivity index (χ4v) is 2.41. The number of hydrogen-bond acceptors (Lipinski definition) is 4. The van der Waals surface area contributed by atoms with E-state index >= 15 is 0 Å². The van der Waals surface area contributed by atoms with Crippen molar-refractivity contribution < 1.29 is 4.79 Å². The van der Waals surface area contributed by atoms with Gasteiger partial charge in [-0.3, -0.25) is 9.59 Å². The van der Waals surface area contributed by atoms with E-state index in [1.54, 1.807) is 29.9 Å². The van der Waals surface area contributed by atoms with Crippen LogP contribution in [0.4, 0.5) is 5.69 Å². The Kier molecular flexibility index (Phi) is 4.82. The fourth-order valence-electron chi connectivity index (χ4n) is 2.41. The summed E-state index contributed by atoms with van der Waals surface area (Å²) in [5.41, 5.74) is 6.81. The van der Waals surface area contributed by atoms with Gasteiger partial charge in [0.2, 0.25) is 5.43 Å². The van der Waals surface area contributed by atoms with Crippen molar-refractivity contribution >= 4 is 22.5 Å². The highest BCUT2D eigenvalue weighted by molar-refractivity contribution is 6.00. The molecule has 0 aliphatic carbocycles. The van der Waals surface area contributed by atoms with Gasteiger partial charge >= 0.3 is 0 Å². The van der Waals surface area contributed by atoms with Crippen LogP contribution in [0.5, 0.6) is 0 Å². The molecular formula is C16H22N4O2. The summed E-state index contributed by atoms with van der Waals surface area (Å²) >= 11 is 0. The molecule has 0 aliphatic heterocycles. The molecule has 6 nitrogen and oxygen atoms in total. The molecule has 0 spiro atoms. The van der Waals surface area contributed by atoms with Crippen molar-refractivity contribution in [3.63, 3.8) is 0 Å². The zero-order chi connectivity index (χ0) is 16.3. The molecule has 1 heterocycles. The first kappa shape index (κ1) is 16.0. The minimum atomic E-state index is -0.357. The zero-order valence-electron chi connectivity index (χ0n) is 13.2. The lowest BCUT2D eigenvalue weighted by Gasteiger charge is -2.12. The third-order valence-electron chi connectivity index (χ3n) is 3.56. The van der Waals surface area contributed by atoms with Gasteiger partial charge in [-0.05, 0) is 39.2 Å². The quantitative estimate of drug-likeness (QED) is 0.632. The predicted octanol–water partition coefficient (Wildman–Crippen LogP) is 0.802. The number of nitrogens with zero attached hydrogens (tertiary/aromatic N) is 2. The molecule has 1 aromatic carbocycles. The van der Waals surface area contributed by atoms with Crippen molar-refractivity contribution in [3.05, 3.63) is 40.2 Å². The number of hydrogen-bond donors (Lipinski definition) is 2. The van der Waals surface area contributed by atoms with Gasteiger partial charge in [0.15, 0.2) is 0 Å². The molecule has 0 atom stereocenters. The molecule has 118 valence electrons. The molecule has 2 rings (SSSR count). The molecule has 0 aliphatic rings. The Morgan fingerprint density at radius 3 is 2.77 bits per heavy atom. The second kappa shape index (κ2) is 6.62. The molecule has 0 radical (unpaired) electrons. The van der Waals surface area contributed by atoms with Crippen LogP contribution in [0.25, 0.3) is 10.9 Å². The van der Waals surface area contributed by atoms with Gasteiger partial charge in [-0.2, -0.15) is 0 Å². The molecule has 2 aromatic rings. The lowest BCUT2D eigenvalue weighted by atomic mass is 10.1. The number of rotatable bonds is 5. The SMILES string of the molecule is CN(C)CCCNC(=O)c1cn(C)c2cccc(N)c2c1=O. The maximum Gasteiger partial charge on any atom is 0.256 e. The number of nitrogens with one attached hydrogen (secondary N) is 1. The topological polar surface area (TPSA) is 80.4 Å². The van der Waals surface area contributed by atoms with E-state index in [1.807, 2.05) is 25.1 Å². The Morgan fingerprint density at radius 2 is 2.09 bits per heavy atom. The van der Waals surface area contributed by atoms with Gasteiger partial charge in [-0.25, -0.2) is 0 Å². The molecule has 0 bridgehead atoms. The van der Waals surface area contributed by atoms with E-state index in [2.05, 4.69) is 5.32 Å². The van der Waals surface area contributed by atoms with Crippen LogP contribution in [0.15, 0.2) is 29.2 Å². The van der Waals surface area contributed by atoms with Gasteiger partial charge < -0.3 is 20.5 Å². The minimum Gasteiger partial charge on any atom is -0.398 e. The molecule has 3 N–H and O–H groups in total. The van der Waals surface area contributed by atoms with Gasteiger partial charge in [0.05, 0.1) is 10.9 Å². The largest absolute Gasteiger partial charge is 0.398 e. The molecule has 6 heteroatoms. The number of aryl methyl sites for hydroxylation is 1. The van der Waals surface area contributed by atoms with Crippen molar-refractivity contribution in [1.82, 2.24) is 14.8 Å². The van der Waals surface area contributed by atoms with Crippen molar-refractivity contribution in [2.24, 2.45) is 7.05 Å². The first-order chi connectivity index (χ1) is 10.4. The summed E-state index contributed by atoms with van der Waals surface area (Å²) < 4.78 is 1.75. The Bertz CT molecular complexity index is 750. The van der Waals surface area contributed by atoms with Gasteiger partial charge in [-0.1, -0.05) is 6.07 Å². The number of nitrogens with two attached hydrogens (primary N) is 1. The van der Waals surface area contributed by atoms with E-state index in [-0.39, 0.29) is 16.9 Å². The van der Waals surface area contributed by atoms with E-state index in [1.165, 1.54) is 0 Å². The van der Waals surface area contributed by atoms with E-state index in [9.17, 15) is 9.59 Å². The summed E-state index contributed by atoms with van der Waals surface area (Å²) in [6, 6.07) is 5.27. The van der Waals surface area contributed by atoms with Gasteiger partial charge in [-0.15, -0.1) is 0 Å². The van der Waals surface area contributed by atoms with E-state index in [4.69, 9.17) is 5.73 Å². The van der Waals surface area contributed by atoms with Crippen molar-refractivity contribution in [3.8, 4) is 0 Å². The Labute approximate surface area is 129 Å². The Balaban J connectivity index is 2.28. The number of amides is 1. The zero-order valence-corrected chi connectivity index (χ0v) is 13.2. The van der Waals surface area contributed by atoms with Crippen LogP contribution in [0.2, 0.25) is 0 Å². The van der Waals surface area contributed by atoms with Crippen molar-refractivity contribution in [2.75, 3.05) is 32.9 Å². The lowest BCUT2D eigenvalue weighted by Crippen LogP contribution is -2.31. The molecule has 0 saturated heterocycles. The van der Waals surface area contributed by atoms with Crippen molar-refractivity contribution in [2.45, 2.75) is 6.42 Å². The highest BCUT2D eigenvalue weighted by Gasteiger charge is 2.15. The standard InChI is InChI=1S/C16H22N4O2/c1-19(2)9-5-8-18-16(22)11-10-20(3)13-7-4-6-12(17)14(13)15(11)21/h4,6-7,10H,5,8-9,17H2,1-3H3,(H,18,22). The highest BCUT2D eigenvalue weighted by atomic mass is 16.2. The maximum atomic E-state index is 12.5. The van der Waals surface area contributed by atoms with E-state index < -0.39 is 0 Å². The van der Waals surface area contributed by atoms with Crippen LogP contribution in [0.1, 0.15) is 16.8 Å². The first-order valence-electron chi connectivity index (χ1n) is 7.22. The predicted molar refractivity (Wildman–Crippen MR) is 89.1 cm³/mol. The number of aromatic nitrogens is 1. The minimum absolute atomic E-state index is 0.123. The number of carbonyl (C=O) groups excluding carboxylic acids is 1. The lowest BCUT2D eigenvalue weighted by molar-refractivity contribution is 0.0951. The van der Waals surface area contributed by atoms with Gasteiger partial charge in [0, 0.05) is 25.5 Å². The monoisotopic (exact) mass is 302 g/mol. The van der Waals surface area contributed by atoms with E-state index in [0.29, 0.717) is 23.1 Å². The maximum absolute atomic E-state index is 12.5. The van der Waals surface area contributed by atoms with Crippen LogP contribution in [0.3, 0.4) is 0 Å². The summed E-state index contributed by atoms with van der Waals surface area (Å²) in [5.74, 6) is -0.357. The van der Waals surface area contributed by atoms with Crippen LogP contribution < -0.4 is 16.5 Å². The van der Waals surface area contributed by atoms with Gasteiger partial charge in [0.25, 0.3) is 5.91 Å². The summed E-state index contributed by atoms with van der Waals surface area (Å²) in [4.78, 5) is 26.8. The molecule has 22 heavy (non-hydrogen) atoms. The van der Waals surface area contributed by atoms with Gasteiger partial charge in [0.1, 0.15) is 5.56 Å². The molecule has 0 saturated carbocycles. The van der Waals surface area contributed by atoms with Crippen LogP contribution in [-0.2, 0) is 7.05 Å². The normalized spacial score (nSPS) is 11.1. The first-order valence-corrected chi connectivity index (χ1v) is 7.22. The Hall–Kier alpha value is -2.34. The molecule has 1 amide bonds. The number of benzene rings is 1. The van der Waals surface area contributed by atoms with Crippen molar-refractivity contribution in [1.29, 1.82) is 0 Å². The number of anilines is 1. The third-order valence-corrected chi connectivity index (χ3v) is 3.56. The molecule has 0 fully saturated rings. The average molecular weight is 302 g/mol. The highest BCUT2D eigenvalue weighted by Crippen LogP contribution is 2.17. The number of fused-ring (bicyclic) bond motifs is 1. The number of nitrogen functional groups attached to an aromatic ring is 1. The summed E-state index contributed by atoms with van der Waals surface area (Å²) in [5, 5.41) is 3.18. The smallest absolute Gasteiger partial charge is 0.256 e. The summed E-state index contributed by atoms with van der Waals surface area (Å²) in [6.45, 7) is 1.41. The fraction of sp³-hybridized carbons (Fsp3) is 0.375. The van der Waals surface area contributed by atoms with Crippen LogP contribution >= 0.6 is 0 Å². The molecule has 0 unspecified atom stereocenters. The summed E-state index contributed by atoms with van der Waals surface area (Å²) in [7, 11) is 5.75. The van der Waals surface area contributed by atoms with E-state index in [0.717, 1.165) is 13.0 Å². The Morgan fingerprint density at radius 1 is 1.36 bits per heavy atom. The average Bonchev–Trinajstić information content (AvgIpc) is 2.46. The number of pyridine rings is 1. The summed E-state index contributed by atoms with van der Waals surface area (Å²) in [6.07, 6.45) is 2.39. The molecule has 1 aromatic heterocycles. The second-order valence-electron chi connectivity index (χ2n) is 5.64. The molecular weight excluding hydrogens is 280 g/mol. The number of carbonyl (C=O) groups is 1. The van der Waals surface area contributed by atoms with Crippen LogP contribution in [-0.4, -0.2) is 42.6 Å². The second-order valence-corrected chi connectivity index (χ2v) is 5.64.